The van der Waals surface area contributed by atoms with Crippen molar-refractivity contribution < 1.29 is 18.3 Å². The Morgan fingerprint density at radius 1 is 1.40 bits per heavy atom. The van der Waals surface area contributed by atoms with Gasteiger partial charge in [-0.1, -0.05) is 12.2 Å². The highest BCUT2D eigenvalue weighted by Crippen LogP contribution is 2.45. The van der Waals surface area contributed by atoms with Gasteiger partial charge in [-0.15, -0.1) is 0 Å². The van der Waals surface area contributed by atoms with Crippen molar-refractivity contribution in [1.82, 2.24) is 0 Å². The molecule has 2 aliphatic rings. The third kappa shape index (κ3) is 1.99. The number of rotatable bonds is 2. The number of allylic oxidation sites excluding steroid dienone is 2. The van der Waals surface area contributed by atoms with E-state index < -0.39 is 22.0 Å². The van der Waals surface area contributed by atoms with Crippen molar-refractivity contribution in [2.45, 2.75) is 23.3 Å². The third-order valence-electron chi connectivity index (χ3n) is 3.93. The minimum absolute atomic E-state index is 0.0471. The molecule has 20 heavy (non-hydrogen) atoms. The molecule has 106 valence electrons. The van der Waals surface area contributed by atoms with Crippen molar-refractivity contribution in [1.29, 1.82) is 0 Å². The zero-order valence-electron chi connectivity index (χ0n) is 10.5. The summed E-state index contributed by atoms with van der Waals surface area (Å²) >= 11 is 0. The number of carboxylic acid groups (broad SMARTS) is 1. The van der Waals surface area contributed by atoms with Crippen LogP contribution in [0.3, 0.4) is 0 Å². The number of benzene rings is 1. The molecule has 4 N–H and O–H groups in total. The molecule has 1 heterocycles. The van der Waals surface area contributed by atoms with Crippen LogP contribution in [0.2, 0.25) is 0 Å². The molecule has 3 rings (SSSR count). The molecule has 0 amide bonds. The predicted molar refractivity (Wildman–Crippen MR) is 72.8 cm³/mol. The fourth-order valence-electron chi connectivity index (χ4n) is 2.99. The van der Waals surface area contributed by atoms with Gasteiger partial charge < -0.3 is 10.4 Å². The Balaban J connectivity index is 2.11. The summed E-state index contributed by atoms with van der Waals surface area (Å²) in [4.78, 5) is 11.4. The summed E-state index contributed by atoms with van der Waals surface area (Å²) in [5.41, 5.74) is 1.44. The van der Waals surface area contributed by atoms with Gasteiger partial charge in [-0.3, -0.25) is 0 Å². The molecule has 1 aromatic carbocycles. The molecule has 0 spiro atoms. The van der Waals surface area contributed by atoms with Gasteiger partial charge in [0.2, 0.25) is 10.0 Å². The summed E-state index contributed by atoms with van der Waals surface area (Å²) in [6, 6.07) is 3.83. The van der Waals surface area contributed by atoms with E-state index in [1.54, 1.807) is 6.07 Å². The topological polar surface area (TPSA) is 109 Å². The van der Waals surface area contributed by atoms with Crippen molar-refractivity contribution in [2.75, 3.05) is 5.32 Å². The van der Waals surface area contributed by atoms with Gasteiger partial charge >= 0.3 is 5.97 Å². The number of nitrogens with one attached hydrogen (secondary N) is 1. The van der Waals surface area contributed by atoms with Crippen LogP contribution in [0.5, 0.6) is 0 Å². The van der Waals surface area contributed by atoms with Crippen LogP contribution in [0, 0.1) is 5.92 Å². The molecule has 1 aromatic rings. The normalized spacial score (nSPS) is 27.6. The molecule has 0 fully saturated rings. The van der Waals surface area contributed by atoms with Crippen LogP contribution in [-0.2, 0) is 14.8 Å². The van der Waals surface area contributed by atoms with Gasteiger partial charge in [-0.2, -0.15) is 0 Å². The van der Waals surface area contributed by atoms with Crippen LogP contribution in [0.4, 0.5) is 5.69 Å². The number of carboxylic acids is 1. The largest absolute Gasteiger partial charge is 0.480 e. The highest BCUT2D eigenvalue weighted by Gasteiger charge is 2.40. The third-order valence-corrected chi connectivity index (χ3v) is 4.84. The van der Waals surface area contributed by atoms with Gasteiger partial charge in [0, 0.05) is 17.5 Å². The SMILES string of the molecule is NS(=O)(=O)c1ccc2c(c1)[C@@H]1C=CC[C@H]1[C@H](C(=O)O)N2. The lowest BCUT2D eigenvalue weighted by atomic mass is 9.79. The van der Waals surface area contributed by atoms with E-state index >= 15 is 0 Å². The van der Waals surface area contributed by atoms with Gasteiger partial charge in [0.25, 0.3) is 0 Å². The molecule has 0 saturated heterocycles. The van der Waals surface area contributed by atoms with Crippen molar-refractivity contribution in [3.05, 3.63) is 35.9 Å². The summed E-state index contributed by atoms with van der Waals surface area (Å²) < 4.78 is 22.9. The number of nitrogens with two attached hydrogens (primary N) is 1. The second-order valence-electron chi connectivity index (χ2n) is 5.11. The molecule has 0 radical (unpaired) electrons. The fourth-order valence-corrected chi connectivity index (χ4v) is 3.54. The quantitative estimate of drug-likeness (QED) is 0.701. The van der Waals surface area contributed by atoms with E-state index in [0.29, 0.717) is 12.1 Å². The van der Waals surface area contributed by atoms with Crippen molar-refractivity contribution >= 4 is 21.7 Å². The van der Waals surface area contributed by atoms with Crippen LogP contribution in [0.1, 0.15) is 17.9 Å². The molecule has 6 nitrogen and oxygen atoms in total. The van der Waals surface area contributed by atoms with Gasteiger partial charge in [0.1, 0.15) is 6.04 Å². The van der Waals surface area contributed by atoms with Gasteiger partial charge in [-0.25, -0.2) is 18.4 Å². The van der Waals surface area contributed by atoms with E-state index in [1.807, 2.05) is 12.2 Å². The number of hydrogen-bond acceptors (Lipinski definition) is 4. The van der Waals surface area contributed by atoms with Crippen LogP contribution < -0.4 is 10.5 Å². The second kappa shape index (κ2) is 4.32. The number of fused-ring (bicyclic) bond motifs is 3. The van der Waals surface area contributed by atoms with Crippen molar-refractivity contribution in [2.24, 2.45) is 11.1 Å². The molecular formula is C13H14N2O4S. The Hall–Kier alpha value is -1.86. The maximum absolute atomic E-state index is 11.4. The average molecular weight is 294 g/mol. The summed E-state index contributed by atoms with van der Waals surface area (Å²) in [6.45, 7) is 0. The van der Waals surface area contributed by atoms with Crippen LogP contribution in [0.25, 0.3) is 0 Å². The Morgan fingerprint density at radius 3 is 2.80 bits per heavy atom. The van der Waals surface area contributed by atoms with E-state index in [4.69, 9.17) is 5.14 Å². The highest BCUT2D eigenvalue weighted by molar-refractivity contribution is 7.89. The minimum atomic E-state index is -3.76. The number of primary sulfonamides is 1. The monoisotopic (exact) mass is 294 g/mol. The number of hydrogen-bond donors (Lipinski definition) is 3. The van der Waals surface area contributed by atoms with Gasteiger partial charge in [-0.05, 0) is 30.2 Å². The van der Waals surface area contributed by atoms with Crippen LogP contribution in [0.15, 0.2) is 35.2 Å². The highest BCUT2D eigenvalue weighted by atomic mass is 32.2. The van der Waals surface area contributed by atoms with E-state index in [-0.39, 0.29) is 16.7 Å². The second-order valence-corrected chi connectivity index (χ2v) is 6.67. The number of aliphatic carboxylic acids is 1. The lowest BCUT2D eigenvalue weighted by molar-refractivity contribution is -0.139. The first-order valence-electron chi connectivity index (χ1n) is 6.20. The Bertz CT molecular complexity index is 711. The molecule has 0 saturated carbocycles. The number of carbonyl (C=O) groups is 1. The maximum atomic E-state index is 11.4. The first-order valence-corrected chi connectivity index (χ1v) is 7.75. The van der Waals surface area contributed by atoms with Crippen molar-refractivity contribution in [3.8, 4) is 0 Å². The van der Waals surface area contributed by atoms with Gasteiger partial charge in [0.05, 0.1) is 4.90 Å². The summed E-state index contributed by atoms with van der Waals surface area (Å²) in [5, 5.41) is 17.4. The van der Waals surface area contributed by atoms with Crippen LogP contribution >= 0.6 is 0 Å². The van der Waals surface area contributed by atoms with Gasteiger partial charge in [0.15, 0.2) is 0 Å². The minimum Gasteiger partial charge on any atom is -0.480 e. The van der Waals surface area contributed by atoms with E-state index in [0.717, 1.165) is 5.56 Å². The fraction of sp³-hybridized carbons (Fsp3) is 0.308. The smallest absolute Gasteiger partial charge is 0.326 e. The molecule has 1 aliphatic heterocycles. The first kappa shape index (κ1) is 13.1. The zero-order chi connectivity index (χ0) is 14.5. The van der Waals surface area contributed by atoms with E-state index in [9.17, 15) is 18.3 Å². The Labute approximate surface area is 116 Å². The maximum Gasteiger partial charge on any atom is 0.326 e. The molecule has 0 aromatic heterocycles. The van der Waals surface area contributed by atoms with Crippen molar-refractivity contribution in [3.63, 3.8) is 0 Å². The summed E-state index contributed by atoms with van der Waals surface area (Å²) in [7, 11) is -3.76. The molecule has 0 bridgehead atoms. The lowest BCUT2D eigenvalue weighted by Crippen LogP contribution is -2.41. The molecule has 0 unspecified atom stereocenters. The Morgan fingerprint density at radius 2 is 2.15 bits per heavy atom. The first-order chi connectivity index (χ1) is 9.38. The molecule has 7 heteroatoms. The standard InChI is InChI=1S/C13H14N2O4S/c14-20(18,19)7-4-5-11-10(6-7)8-2-1-3-9(8)12(15-11)13(16)17/h1-2,4-6,8-9,12,15H,3H2,(H,16,17)(H2,14,18,19)/t8-,9-,12-/m1/s1. The predicted octanol–water partition coefficient (Wildman–Crippen LogP) is 0.872. The molecule has 1 aliphatic carbocycles. The van der Waals surface area contributed by atoms with E-state index in [2.05, 4.69) is 5.32 Å². The summed E-state index contributed by atoms with van der Waals surface area (Å²) in [6.07, 6.45) is 4.53. The molecule has 3 atom stereocenters. The number of sulfonamides is 1. The summed E-state index contributed by atoms with van der Waals surface area (Å²) in [5.74, 6) is -1.09. The Kier molecular flexibility index (Phi) is 2.84. The molecular weight excluding hydrogens is 280 g/mol. The zero-order valence-corrected chi connectivity index (χ0v) is 11.3. The van der Waals surface area contributed by atoms with E-state index in [1.165, 1.54) is 12.1 Å². The average Bonchev–Trinajstić information content (AvgIpc) is 2.85. The lowest BCUT2D eigenvalue weighted by Gasteiger charge is -2.34. The van der Waals surface area contributed by atoms with Crippen LogP contribution in [-0.4, -0.2) is 25.5 Å². The number of anilines is 1.